The highest BCUT2D eigenvalue weighted by molar-refractivity contribution is 5.93. The Bertz CT molecular complexity index is 1090. The Kier molecular flexibility index (Phi) is 6.13. The fourth-order valence-electron chi connectivity index (χ4n) is 3.31. The van der Waals surface area contributed by atoms with E-state index in [0.29, 0.717) is 19.0 Å². The molecule has 30 heavy (non-hydrogen) atoms. The van der Waals surface area contributed by atoms with Gasteiger partial charge in [-0.25, -0.2) is 4.98 Å². The Morgan fingerprint density at radius 3 is 2.23 bits per heavy atom. The molecular formula is C24H26N6. The zero-order chi connectivity index (χ0) is 20.8. The third-order valence-corrected chi connectivity index (χ3v) is 4.97. The van der Waals surface area contributed by atoms with Crippen LogP contribution < -0.4 is 10.6 Å². The average Bonchev–Trinajstić information content (AvgIpc) is 2.79. The first kappa shape index (κ1) is 19.8. The average molecular weight is 399 g/mol. The normalized spacial score (nSPS) is 11.0. The van der Waals surface area contributed by atoms with E-state index in [1.54, 1.807) is 6.20 Å². The molecular weight excluding hydrogens is 372 g/mol. The third kappa shape index (κ3) is 4.71. The van der Waals surface area contributed by atoms with Gasteiger partial charge in [-0.2, -0.15) is 5.10 Å². The van der Waals surface area contributed by atoms with E-state index in [0.717, 1.165) is 40.2 Å². The van der Waals surface area contributed by atoms with Crippen molar-refractivity contribution in [2.24, 2.45) is 0 Å². The molecule has 0 aliphatic carbocycles. The van der Waals surface area contributed by atoms with E-state index in [2.05, 4.69) is 81.0 Å². The summed E-state index contributed by atoms with van der Waals surface area (Å²) in [6.45, 7) is 5.62. The maximum absolute atomic E-state index is 4.51. The monoisotopic (exact) mass is 398 g/mol. The number of aromatic nitrogens is 4. The van der Waals surface area contributed by atoms with Crippen LogP contribution in [-0.2, 0) is 6.42 Å². The highest BCUT2D eigenvalue weighted by Gasteiger charge is 2.09. The SMILES string of the molecule is CC(C)c1cnc(NCCNc2nnc(Cc3ccccc3)c3ccccc23)cn1. The van der Waals surface area contributed by atoms with Crippen LogP contribution in [0.25, 0.3) is 10.8 Å². The van der Waals surface area contributed by atoms with Crippen LogP contribution in [0.15, 0.2) is 67.0 Å². The van der Waals surface area contributed by atoms with Gasteiger partial charge < -0.3 is 10.6 Å². The minimum atomic E-state index is 0.380. The number of benzene rings is 2. The van der Waals surface area contributed by atoms with Crippen LogP contribution in [0.2, 0.25) is 0 Å². The van der Waals surface area contributed by atoms with Crippen molar-refractivity contribution in [2.45, 2.75) is 26.2 Å². The summed E-state index contributed by atoms with van der Waals surface area (Å²) in [7, 11) is 0. The molecule has 152 valence electrons. The van der Waals surface area contributed by atoms with Crippen molar-refractivity contribution in [1.82, 2.24) is 20.2 Å². The lowest BCUT2D eigenvalue weighted by Crippen LogP contribution is -2.16. The first-order chi connectivity index (χ1) is 14.7. The maximum atomic E-state index is 4.51. The molecule has 6 nitrogen and oxygen atoms in total. The van der Waals surface area contributed by atoms with Gasteiger partial charge in [0.05, 0.1) is 23.8 Å². The van der Waals surface area contributed by atoms with Crippen LogP contribution in [0.5, 0.6) is 0 Å². The van der Waals surface area contributed by atoms with Gasteiger partial charge in [-0.3, -0.25) is 4.98 Å². The van der Waals surface area contributed by atoms with Crippen molar-refractivity contribution < 1.29 is 0 Å². The summed E-state index contributed by atoms with van der Waals surface area (Å²) in [5.41, 5.74) is 3.21. The molecule has 0 atom stereocenters. The lowest BCUT2D eigenvalue weighted by Gasteiger charge is -2.12. The van der Waals surface area contributed by atoms with Gasteiger partial charge in [-0.1, -0.05) is 68.4 Å². The minimum absolute atomic E-state index is 0.380. The van der Waals surface area contributed by atoms with Gasteiger partial charge in [0.15, 0.2) is 5.82 Å². The molecule has 0 saturated heterocycles. The number of nitrogens with zero attached hydrogens (tertiary/aromatic N) is 4. The summed E-state index contributed by atoms with van der Waals surface area (Å²) in [4.78, 5) is 8.85. The molecule has 0 unspecified atom stereocenters. The molecule has 0 bridgehead atoms. The molecule has 0 spiro atoms. The van der Waals surface area contributed by atoms with Crippen LogP contribution in [0.3, 0.4) is 0 Å². The van der Waals surface area contributed by atoms with Crippen LogP contribution in [-0.4, -0.2) is 33.3 Å². The molecule has 0 aliphatic rings. The molecule has 2 aromatic heterocycles. The van der Waals surface area contributed by atoms with E-state index in [4.69, 9.17) is 0 Å². The molecule has 0 amide bonds. The summed E-state index contributed by atoms with van der Waals surface area (Å²) in [5.74, 6) is 1.95. The van der Waals surface area contributed by atoms with Gasteiger partial charge in [-0.15, -0.1) is 5.10 Å². The highest BCUT2D eigenvalue weighted by Crippen LogP contribution is 2.24. The number of fused-ring (bicyclic) bond motifs is 1. The molecule has 0 aliphatic heterocycles. The Morgan fingerprint density at radius 1 is 0.767 bits per heavy atom. The second-order valence-corrected chi connectivity index (χ2v) is 7.54. The first-order valence-electron chi connectivity index (χ1n) is 10.3. The Hall–Kier alpha value is -3.54. The van der Waals surface area contributed by atoms with E-state index in [1.807, 2.05) is 24.4 Å². The second-order valence-electron chi connectivity index (χ2n) is 7.54. The van der Waals surface area contributed by atoms with Gasteiger partial charge in [0, 0.05) is 30.3 Å². The summed E-state index contributed by atoms with van der Waals surface area (Å²) >= 11 is 0. The topological polar surface area (TPSA) is 75.6 Å². The zero-order valence-corrected chi connectivity index (χ0v) is 17.3. The summed E-state index contributed by atoms with van der Waals surface area (Å²) in [6, 6.07) is 18.6. The molecule has 0 saturated carbocycles. The molecule has 2 N–H and O–H groups in total. The Balaban J connectivity index is 1.41. The minimum Gasteiger partial charge on any atom is -0.367 e. The third-order valence-electron chi connectivity index (χ3n) is 4.97. The number of hydrogen-bond acceptors (Lipinski definition) is 6. The van der Waals surface area contributed by atoms with E-state index in [1.165, 1.54) is 5.56 Å². The van der Waals surface area contributed by atoms with Crippen molar-refractivity contribution in [2.75, 3.05) is 23.7 Å². The number of nitrogens with one attached hydrogen (secondary N) is 2. The lowest BCUT2D eigenvalue weighted by atomic mass is 10.0. The van der Waals surface area contributed by atoms with Crippen molar-refractivity contribution in [3.63, 3.8) is 0 Å². The molecule has 2 aromatic carbocycles. The van der Waals surface area contributed by atoms with Crippen molar-refractivity contribution in [3.05, 3.63) is 83.9 Å². The van der Waals surface area contributed by atoms with Gasteiger partial charge in [0.25, 0.3) is 0 Å². The number of anilines is 2. The van der Waals surface area contributed by atoms with Gasteiger partial charge in [0.1, 0.15) is 5.82 Å². The molecule has 4 rings (SSSR count). The maximum Gasteiger partial charge on any atom is 0.156 e. The largest absolute Gasteiger partial charge is 0.367 e. The molecule has 0 fully saturated rings. The molecule has 6 heteroatoms. The molecule has 0 radical (unpaired) electrons. The van der Waals surface area contributed by atoms with Crippen LogP contribution in [0, 0.1) is 0 Å². The lowest BCUT2D eigenvalue weighted by molar-refractivity contribution is 0.811. The smallest absolute Gasteiger partial charge is 0.156 e. The second kappa shape index (κ2) is 9.31. The zero-order valence-electron chi connectivity index (χ0n) is 17.3. The predicted molar refractivity (Wildman–Crippen MR) is 122 cm³/mol. The summed E-state index contributed by atoms with van der Waals surface area (Å²) in [6.07, 6.45) is 4.37. The number of hydrogen-bond donors (Lipinski definition) is 2. The van der Waals surface area contributed by atoms with E-state index in [-0.39, 0.29) is 0 Å². The van der Waals surface area contributed by atoms with E-state index in [9.17, 15) is 0 Å². The van der Waals surface area contributed by atoms with Crippen LogP contribution in [0.4, 0.5) is 11.6 Å². The van der Waals surface area contributed by atoms with Crippen LogP contribution >= 0.6 is 0 Å². The standard InChI is InChI=1S/C24H26N6/c1-17(2)22-15-28-23(16-27-22)25-12-13-26-24-20-11-7-6-10-19(20)21(29-30-24)14-18-8-4-3-5-9-18/h3-11,15-17H,12-14H2,1-2H3,(H,25,28)(H,26,30). The molecule has 2 heterocycles. The van der Waals surface area contributed by atoms with Gasteiger partial charge >= 0.3 is 0 Å². The van der Waals surface area contributed by atoms with Crippen molar-refractivity contribution in [3.8, 4) is 0 Å². The van der Waals surface area contributed by atoms with E-state index >= 15 is 0 Å². The van der Waals surface area contributed by atoms with Crippen molar-refractivity contribution >= 4 is 22.4 Å². The fourth-order valence-corrected chi connectivity index (χ4v) is 3.31. The fraction of sp³-hybridized carbons (Fsp3) is 0.250. The number of rotatable bonds is 8. The predicted octanol–water partition coefficient (Wildman–Crippen LogP) is 4.66. The quantitative estimate of drug-likeness (QED) is 0.421. The van der Waals surface area contributed by atoms with Gasteiger partial charge in [0.2, 0.25) is 0 Å². The Morgan fingerprint density at radius 2 is 1.50 bits per heavy atom. The first-order valence-corrected chi connectivity index (χ1v) is 10.3. The highest BCUT2D eigenvalue weighted by atomic mass is 15.2. The summed E-state index contributed by atoms with van der Waals surface area (Å²) in [5, 5.41) is 17.9. The Labute approximate surface area is 176 Å². The summed E-state index contributed by atoms with van der Waals surface area (Å²) < 4.78 is 0. The van der Waals surface area contributed by atoms with E-state index < -0.39 is 0 Å². The van der Waals surface area contributed by atoms with Crippen LogP contribution in [0.1, 0.15) is 36.7 Å². The van der Waals surface area contributed by atoms with Gasteiger partial charge in [-0.05, 0) is 11.5 Å². The molecule has 4 aromatic rings. The van der Waals surface area contributed by atoms with Crippen molar-refractivity contribution in [1.29, 1.82) is 0 Å².